The number of benzene rings is 2. The van der Waals surface area contributed by atoms with E-state index in [9.17, 15) is 35.6 Å². The smallest absolute Gasteiger partial charge is 0.444 e. The number of hydrogen-bond donors (Lipinski definition) is 1. The number of likely N-dealkylation sites (tertiary alicyclic amines) is 2. The first-order valence-electron chi connectivity index (χ1n) is 10.7. The van der Waals surface area contributed by atoms with Crippen LogP contribution in [-0.4, -0.2) is 62.8 Å². The first kappa shape index (κ1) is 25.7. The zero-order valence-electron chi connectivity index (χ0n) is 18.6. The minimum atomic E-state index is -4.95. The molecule has 0 unspecified atom stereocenters. The van der Waals surface area contributed by atoms with E-state index in [0.717, 1.165) is 12.1 Å². The number of halogens is 4. The summed E-state index contributed by atoms with van der Waals surface area (Å²) in [5.74, 6) is -2.00. The molecule has 0 saturated carbocycles. The molecule has 2 atom stereocenters. The van der Waals surface area contributed by atoms with Gasteiger partial charge in [0.1, 0.15) is 18.2 Å². The fraction of sp³-hybridized carbons (Fsp3) is 0.364. The van der Waals surface area contributed by atoms with Crippen molar-refractivity contribution in [3.63, 3.8) is 0 Å². The molecule has 2 heterocycles. The van der Waals surface area contributed by atoms with Crippen molar-refractivity contribution in [1.82, 2.24) is 9.80 Å². The maximum Gasteiger partial charge on any atom is 0.573 e. The predicted octanol–water partition coefficient (Wildman–Crippen LogP) is 2.71. The summed E-state index contributed by atoms with van der Waals surface area (Å²) in [6, 6.07) is 7.83. The average Bonchev–Trinajstić information content (AvgIpc) is 3.36. The molecule has 0 aromatic heterocycles. The van der Waals surface area contributed by atoms with Crippen LogP contribution in [0.25, 0.3) is 0 Å². The second-order valence-electron chi connectivity index (χ2n) is 8.56. The molecule has 2 N–H and O–H groups in total. The van der Waals surface area contributed by atoms with Crippen molar-refractivity contribution < 1.29 is 45.0 Å². The number of rotatable bonds is 5. The molecule has 0 bridgehead atoms. The summed E-state index contributed by atoms with van der Waals surface area (Å²) in [6.45, 7) is 0.942. The lowest BCUT2D eigenvalue weighted by Gasteiger charge is -2.22. The van der Waals surface area contributed by atoms with Gasteiger partial charge < -0.3 is 19.3 Å². The van der Waals surface area contributed by atoms with Gasteiger partial charge in [-0.25, -0.2) is 22.7 Å². The summed E-state index contributed by atoms with van der Waals surface area (Å²) in [5, 5.41) is 5.07. The highest BCUT2D eigenvalue weighted by atomic mass is 32.2. The maximum absolute atomic E-state index is 14.1. The van der Waals surface area contributed by atoms with E-state index in [0.29, 0.717) is 37.8 Å². The highest BCUT2D eigenvalue weighted by Crippen LogP contribution is 2.32. The van der Waals surface area contributed by atoms with E-state index >= 15 is 0 Å². The molecule has 0 aliphatic carbocycles. The van der Waals surface area contributed by atoms with E-state index in [1.54, 1.807) is 4.90 Å². The Kier molecular flexibility index (Phi) is 6.84. The van der Waals surface area contributed by atoms with Gasteiger partial charge in [0.2, 0.25) is 10.0 Å². The van der Waals surface area contributed by atoms with Crippen LogP contribution in [-0.2, 0) is 21.4 Å². The SMILES string of the molecule is NS(=O)(=O)c1ccc(C(=O)N2C[C@H]3CN(C(=O)OCc4ccc(OC(F)(F)F)cc4F)C[C@H]3C2)cc1. The number of fused-ring (bicyclic) bond motifs is 1. The fourth-order valence-corrected chi connectivity index (χ4v) is 4.87. The Labute approximate surface area is 203 Å². The number of hydrogen-bond acceptors (Lipinski definition) is 6. The average molecular weight is 531 g/mol. The largest absolute Gasteiger partial charge is 0.573 e. The van der Waals surface area contributed by atoms with Crippen LogP contribution in [0.3, 0.4) is 0 Å². The minimum Gasteiger partial charge on any atom is -0.444 e. The maximum atomic E-state index is 14.1. The van der Waals surface area contributed by atoms with E-state index < -0.39 is 40.7 Å². The van der Waals surface area contributed by atoms with Gasteiger partial charge in [0.25, 0.3) is 5.91 Å². The molecule has 14 heteroatoms. The summed E-state index contributed by atoms with van der Waals surface area (Å²) in [5.41, 5.74) is 0.204. The van der Waals surface area contributed by atoms with Crippen molar-refractivity contribution in [1.29, 1.82) is 0 Å². The quantitative estimate of drug-likeness (QED) is 0.593. The van der Waals surface area contributed by atoms with E-state index in [1.165, 1.54) is 29.2 Å². The lowest BCUT2D eigenvalue weighted by molar-refractivity contribution is -0.274. The molecule has 0 spiro atoms. The Balaban J connectivity index is 1.28. The van der Waals surface area contributed by atoms with Crippen LogP contribution < -0.4 is 9.88 Å². The van der Waals surface area contributed by atoms with Crippen LogP contribution in [0, 0.1) is 17.7 Å². The highest BCUT2D eigenvalue weighted by Gasteiger charge is 2.43. The van der Waals surface area contributed by atoms with Crippen molar-refractivity contribution in [2.75, 3.05) is 26.2 Å². The predicted molar refractivity (Wildman–Crippen MR) is 116 cm³/mol. The normalized spacial score (nSPS) is 19.8. The van der Waals surface area contributed by atoms with Gasteiger partial charge in [0.15, 0.2) is 0 Å². The Bertz CT molecular complexity index is 1260. The third-order valence-electron chi connectivity index (χ3n) is 6.07. The van der Waals surface area contributed by atoms with Crippen molar-refractivity contribution >= 4 is 22.0 Å². The molecule has 4 rings (SSSR count). The van der Waals surface area contributed by atoms with E-state index in [1.807, 2.05) is 0 Å². The minimum absolute atomic E-state index is 0.000676. The molecule has 9 nitrogen and oxygen atoms in total. The van der Waals surface area contributed by atoms with Gasteiger partial charge in [-0.2, -0.15) is 0 Å². The molecule has 2 aliphatic heterocycles. The molecule has 2 aromatic rings. The Hall–Kier alpha value is -3.39. The molecule has 36 heavy (non-hydrogen) atoms. The number of carbonyl (C=O) groups is 2. The first-order chi connectivity index (χ1) is 16.8. The van der Waals surface area contributed by atoms with E-state index in [4.69, 9.17) is 9.88 Å². The van der Waals surface area contributed by atoms with Crippen LogP contribution in [0.15, 0.2) is 47.4 Å². The van der Waals surface area contributed by atoms with Crippen LogP contribution in [0.2, 0.25) is 0 Å². The van der Waals surface area contributed by atoms with Gasteiger partial charge in [-0.3, -0.25) is 4.79 Å². The van der Waals surface area contributed by atoms with Gasteiger partial charge in [-0.05, 0) is 36.4 Å². The molecule has 2 aromatic carbocycles. The number of sulfonamides is 1. The number of primary sulfonamides is 1. The summed E-state index contributed by atoms with van der Waals surface area (Å²) < 4.78 is 82.3. The van der Waals surface area contributed by atoms with E-state index in [-0.39, 0.29) is 28.2 Å². The highest BCUT2D eigenvalue weighted by molar-refractivity contribution is 7.89. The number of alkyl halides is 3. The van der Waals surface area contributed by atoms with Crippen LogP contribution in [0.1, 0.15) is 15.9 Å². The molecular formula is C22H21F4N3O6S. The van der Waals surface area contributed by atoms with Crippen molar-refractivity contribution in [3.8, 4) is 5.75 Å². The third-order valence-corrected chi connectivity index (χ3v) is 7.00. The Morgan fingerprint density at radius 2 is 1.56 bits per heavy atom. The van der Waals surface area contributed by atoms with Crippen LogP contribution in [0.4, 0.5) is 22.4 Å². The number of carbonyl (C=O) groups excluding carboxylic acids is 2. The Morgan fingerprint density at radius 1 is 0.972 bits per heavy atom. The second kappa shape index (κ2) is 9.58. The number of nitrogens with zero attached hydrogens (tertiary/aromatic N) is 2. The van der Waals surface area contributed by atoms with Gasteiger partial charge in [0, 0.05) is 55.2 Å². The monoisotopic (exact) mass is 531 g/mol. The molecule has 2 saturated heterocycles. The second-order valence-corrected chi connectivity index (χ2v) is 10.1. The molecule has 2 aliphatic rings. The molecule has 2 amide bonds. The summed E-state index contributed by atoms with van der Waals surface area (Å²) in [4.78, 5) is 28.2. The molecule has 194 valence electrons. The van der Waals surface area contributed by atoms with Crippen molar-refractivity contribution in [2.45, 2.75) is 17.9 Å². The summed E-state index contributed by atoms with van der Waals surface area (Å²) in [7, 11) is -3.87. The number of nitrogens with two attached hydrogens (primary N) is 1. The lowest BCUT2D eigenvalue weighted by Crippen LogP contribution is -2.35. The molecule has 0 radical (unpaired) electrons. The van der Waals surface area contributed by atoms with Gasteiger partial charge in [-0.15, -0.1) is 13.2 Å². The van der Waals surface area contributed by atoms with Gasteiger partial charge >= 0.3 is 12.5 Å². The third kappa shape index (κ3) is 5.87. The first-order valence-corrected chi connectivity index (χ1v) is 12.2. The molecule has 2 fully saturated rings. The topological polar surface area (TPSA) is 119 Å². The standard InChI is InChI=1S/C22H21F4N3O6S/c23-19-7-17(35-22(24,25)26)4-1-14(19)12-34-21(31)29-10-15-8-28(9-16(15)11-29)20(30)13-2-5-18(6-3-13)36(27,32)33/h1-7,15-16H,8-12H2,(H2,27,32,33)/t15-,16+. The fourth-order valence-electron chi connectivity index (χ4n) is 4.35. The zero-order valence-corrected chi connectivity index (χ0v) is 19.4. The van der Waals surface area contributed by atoms with E-state index in [2.05, 4.69) is 4.74 Å². The van der Waals surface area contributed by atoms with Crippen molar-refractivity contribution in [3.05, 3.63) is 59.4 Å². The number of amides is 2. The summed E-state index contributed by atoms with van der Waals surface area (Å²) in [6.07, 6.45) is -5.65. The lowest BCUT2D eigenvalue weighted by atomic mass is 10.0. The molecular weight excluding hydrogens is 510 g/mol. The van der Waals surface area contributed by atoms with Gasteiger partial charge in [-0.1, -0.05) is 0 Å². The number of ether oxygens (including phenoxy) is 2. The van der Waals surface area contributed by atoms with Gasteiger partial charge in [0.05, 0.1) is 4.90 Å². The Morgan fingerprint density at radius 3 is 2.08 bits per heavy atom. The van der Waals surface area contributed by atoms with Crippen LogP contribution >= 0.6 is 0 Å². The van der Waals surface area contributed by atoms with Crippen LogP contribution in [0.5, 0.6) is 5.75 Å². The zero-order chi connectivity index (χ0) is 26.3. The van der Waals surface area contributed by atoms with Crippen molar-refractivity contribution in [2.24, 2.45) is 17.0 Å². The summed E-state index contributed by atoms with van der Waals surface area (Å²) >= 11 is 0.